The Morgan fingerprint density at radius 3 is 2.35 bits per heavy atom. The van der Waals surface area contributed by atoms with Gasteiger partial charge in [0.05, 0.1) is 11.6 Å². The first-order valence-electron chi connectivity index (χ1n) is 6.23. The molecule has 1 atom stereocenters. The lowest BCUT2D eigenvalue weighted by Crippen LogP contribution is -2.10. The first-order valence-corrected chi connectivity index (χ1v) is 6.23. The molecule has 1 aromatic heterocycles. The fourth-order valence-corrected chi connectivity index (χ4v) is 2.02. The number of pyridine rings is 1. The molecule has 0 aliphatic heterocycles. The highest BCUT2D eigenvalue weighted by molar-refractivity contribution is 5.41. The van der Waals surface area contributed by atoms with Crippen molar-refractivity contribution in [2.75, 3.05) is 5.32 Å². The smallest absolute Gasteiger partial charge is 0.364 e. The van der Waals surface area contributed by atoms with E-state index < -0.39 is 11.7 Å². The van der Waals surface area contributed by atoms with Crippen molar-refractivity contribution < 1.29 is 13.2 Å². The molecule has 1 N–H and O–H groups in total. The summed E-state index contributed by atoms with van der Waals surface area (Å²) in [5, 5.41) is 3.10. The van der Waals surface area contributed by atoms with Crippen molar-refractivity contribution >= 4 is 5.82 Å². The molecule has 0 amide bonds. The number of aromatic nitrogens is 1. The number of alkyl halides is 3. The molecule has 0 saturated carbocycles. The van der Waals surface area contributed by atoms with Crippen molar-refractivity contribution in [2.24, 2.45) is 0 Å². The van der Waals surface area contributed by atoms with Gasteiger partial charge in [0, 0.05) is 6.20 Å². The van der Waals surface area contributed by atoms with E-state index in [4.69, 9.17) is 0 Å². The molecule has 1 unspecified atom stereocenters. The quantitative estimate of drug-likeness (QED) is 0.890. The van der Waals surface area contributed by atoms with Gasteiger partial charge >= 0.3 is 6.18 Å². The number of nitrogens with zero attached hydrogens (tertiary/aromatic N) is 1. The summed E-state index contributed by atoms with van der Waals surface area (Å²) in [6, 6.07) is 10.2. The van der Waals surface area contributed by atoms with Crippen molar-refractivity contribution in [2.45, 2.75) is 26.1 Å². The van der Waals surface area contributed by atoms with Gasteiger partial charge < -0.3 is 5.32 Å². The third-order valence-corrected chi connectivity index (χ3v) is 3.11. The van der Waals surface area contributed by atoms with Crippen LogP contribution in [0.3, 0.4) is 0 Å². The molecule has 0 fully saturated rings. The van der Waals surface area contributed by atoms with Gasteiger partial charge in [-0.25, -0.2) is 4.98 Å². The van der Waals surface area contributed by atoms with Crippen molar-refractivity contribution in [3.8, 4) is 0 Å². The number of benzene rings is 1. The standard InChI is InChI=1S/C15H15F3N2/c1-10-5-3-4-6-13(10)11(2)20-14-8-7-12(9-19-14)15(16,17)18/h3-9,11H,1-2H3,(H,19,20). The van der Waals surface area contributed by atoms with Gasteiger partial charge in [0.25, 0.3) is 0 Å². The van der Waals surface area contributed by atoms with Crippen LogP contribution in [0.1, 0.15) is 29.7 Å². The summed E-state index contributed by atoms with van der Waals surface area (Å²) in [7, 11) is 0. The minimum atomic E-state index is -4.35. The number of anilines is 1. The van der Waals surface area contributed by atoms with Crippen molar-refractivity contribution in [1.29, 1.82) is 0 Å². The van der Waals surface area contributed by atoms with Gasteiger partial charge in [0.2, 0.25) is 0 Å². The van der Waals surface area contributed by atoms with Crippen LogP contribution in [-0.2, 0) is 6.18 Å². The van der Waals surface area contributed by atoms with Crippen LogP contribution in [0.25, 0.3) is 0 Å². The predicted octanol–water partition coefficient (Wildman–Crippen LogP) is 4.58. The van der Waals surface area contributed by atoms with Crippen LogP contribution in [0.2, 0.25) is 0 Å². The Balaban J connectivity index is 2.13. The van der Waals surface area contributed by atoms with Gasteiger partial charge in [-0.1, -0.05) is 24.3 Å². The second-order valence-corrected chi connectivity index (χ2v) is 4.65. The van der Waals surface area contributed by atoms with Crippen molar-refractivity contribution in [3.63, 3.8) is 0 Å². The highest BCUT2D eigenvalue weighted by atomic mass is 19.4. The molecule has 2 rings (SSSR count). The number of rotatable bonds is 3. The number of nitrogens with one attached hydrogen (secondary N) is 1. The van der Waals surface area contributed by atoms with Crippen molar-refractivity contribution in [1.82, 2.24) is 4.98 Å². The maximum atomic E-state index is 12.4. The predicted molar refractivity (Wildman–Crippen MR) is 72.5 cm³/mol. The van der Waals surface area contributed by atoms with E-state index in [-0.39, 0.29) is 6.04 Å². The Bertz CT molecular complexity index is 576. The third kappa shape index (κ3) is 3.29. The zero-order valence-electron chi connectivity index (χ0n) is 11.2. The molecule has 0 aliphatic rings. The molecule has 0 spiro atoms. The zero-order chi connectivity index (χ0) is 14.8. The SMILES string of the molecule is Cc1ccccc1C(C)Nc1ccc(C(F)(F)F)cn1. The van der Waals surface area contributed by atoms with Crippen LogP contribution in [0.4, 0.5) is 19.0 Å². The molecule has 1 aromatic carbocycles. The summed E-state index contributed by atoms with van der Waals surface area (Å²) in [6.07, 6.45) is -3.51. The van der Waals surface area contributed by atoms with E-state index in [1.165, 1.54) is 6.07 Å². The molecule has 0 saturated heterocycles. The van der Waals surface area contributed by atoms with Crippen LogP contribution in [0.15, 0.2) is 42.6 Å². The first-order chi connectivity index (χ1) is 9.38. The van der Waals surface area contributed by atoms with E-state index >= 15 is 0 Å². The average Bonchev–Trinajstić information content (AvgIpc) is 2.38. The fourth-order valence-electron chi connectivity index (χ4n) is 2.02. The minimum Gasteiger partial charge on any atom is -0.364 e. The van der Waals surface area contributed by atoms with Crippen LogP contribution >= 0.6 is 0 Å². The molecular formula is C15H15F3N2. The van der Waals surface area contributed by atoms with Crippen molar-refractivity contribution in [3.05, 3.63) is 59.3 Å². The number of hydrogen-bond acceptors (Lipinski definition) is 2. The second kappa shape index (κ2) is 5.53. The topological polar surface area (TPSA) is 24.9 Å². The molecular weight excluding hydrogens is 265 g/mol. The summed E-state index contributed by atoms with van der Waals surface area (Å²) in [5.74, 6) is 0.425. The fraction of sp³-hybridized carbons (Fsp3) is 0.267. The average molecular weight is 280 g/mol. The summed E-state index contributed by atoms with van der Waals surface area (Å²) in [4.78, 5) is 3.81. The molecule has 20 heavy (non-hydrogen) atoms. The molecule has 106 valence electrons. The van der Waals surface area contributed by atoms with E-state index in [1.807, 2.05) is 38.1 Å². The summed E-state index contributed by atoms with van der Waals surface area (Å²) < 4.78 is 37.3. The lowest BCUT2D eigenvalue weighted by molar-refractivity contribution is -0.137. The van der Waals surface area contributed by atoms with E-state index in [9.17, 15) is 13.2 Å². The zero-order valence-corrected chi connectivity index (χ0v) is 11.2. The Morgan fingerprint density at radius 1 is 1.10 bits per heavy atom. The van der Waals surface area contributed by atoms with E-state index in [1.54, 1.807) is 0 Å². The summed E-state index contributed by atoms with van der Waals surface area (Å²) in [6.45, 7) is 3.94. The molecule has 0 bridgehead atoms. The summed E-state index contributed by atoms with van der Waals surface area (Å²) in [5.41, 5.74) is 1.47. The van der Waals surface area contributed by atoms with E-state index in [0.29, 0.717) is 5.82 Å². The van der Waals surface area contributed by atoms with Gasteiger partial charge in [-0.05, 0) is 37.1 Å². The molecule has 1 heterocycles. The highest BCUT2D eigenvalue weighted by Crippen LogP contribution is 2.29. The van der Waals surface area contributed by atoms with E-state index in [2.05, 4.69) is 10.3 Å². The normalized spacial score (nSPS) is 13.1. The van der Waals surface area contributed by atoms with E-state index in [0.717, 1.165) is 23.4 Å². The van der Waals surface area contributed by atoms with Gasteiger partial charge in [0.1, 0.15) is 5.82 Å². The molecule has 0 aliphatic carbocycles. The number of halogens is 3. The van der Waals surface area contributed by atoms with Crippen LogP contribution in [0.5, 0.6) is 0 Å². The first kappa shape index (κ1) is 14.4. The van der Waals surface area contributed by atoms with Gasteiger partial charge in [0.15, 0.2) is 0 Å². The van der Waals surface area contributed by atoms with Gasteiger partial charge in [-0.15, -0.1) is 0 Å². The lowest BCUT2D eigenvalue weighted by atomic mass is 10.0. The van der Waals surface area contributed by atoms with Gasteiger partial charge in [-0.2, -0.15) is 13.2 Å². The molecule has 2 aromatic rings. The van der Waals surface area contributed by atoms with Gasteiger partial charge in [-0.3, -0.25) is 0 Å². The molecule has 0 radical (unpaired) electrons. The second-order valence-electron chi connectivity index (χ2n) is 4.65. The lowest BCUT2D eigenvalue weighted by Gasteiger charge is -2.17. The highest BCUT2D eigenvalue weighted by Gasteiger charge is 2.30. The third-order valence-electron chi connectivity index (χ3n) is 3.11. The van der Waals surface area contributed by atoms with Crippen LogP contribution in [-0.4, -0.2) is 4.98 Å². The maximum Gasteiger partial charge on any atom is 0.417 e. The Morgan fingerprint density at radius 2 is 1.80 bits per heavy atom. The minimum absolute atomic E-state index is 0.0274. The maximum absolute atomic E-state index is 12.4. The molecule has 5 heteroatoms. The largest absolute Gasteiger partial charge is 0.417 e. The number of aryl methyl sites for hydroxylation is 1. The van der Waals surface area contributed by atoms with Crippen LogP contribution in [0, 0.1) is 6.92 Å². The summed E-state index contributed by atoms with van der Waals surface area (Å²) >= 11 is 0. The Kier molecular flexibility index (Phi) is 3.97. The molecule has 2 nitrogen and oxygen atoms in total. The number of hydrogen-bond donors (Lipinski definition) is 1. The monoisotopic (exact) mass is 280 g/mol. The Labute approximate surface area is 115 Å². The Hall–Kier alpha value is -2.04. The van der Waals surface area contributed by atoms with Crippen LogP contribution < -0.4 is 5.32 Å².